The van der Waals surface area contributed by atoms with Crippen molar-refractivity contribution in [3.8, 4) is 0 Å². The highest BCUT2D eigenvalue weighted by Crippen LogP contribution is 2.52. The molecule has 0 radical (unpaired) electrons. The summed E-state index contributed by atoms with van der Waals surface area (Å²) in [4.78, 5) is 11.6. The topological polar surface area (TPSA) is 26.3 Å². The first kappa shape index (κ1) is 10.2. The van der Waals surface area contributed by atoms with Gasteiger partial charge in [-0.05, 0) is 18.4 Å². The van der Waals surface area contributed by atoms with Gasteiger partial charge in [-0.15, -0.1) is 0 Å². The fourth-order valence-electron chi connectivity index (χ4n) is 2.31. The summed E-state index contributed by atoms with van der Waals surface area (Å²) in [5.74, 6) is -0.0404. The van der Waals surface area contributed by atoms with Crippen molar-refractivity contribution < 1.29 is 9.53 Å². The second-order valence-electron chi connectivity index (χ2n) is 4.06. The quantitative estimate of drug-likeness (QED) is 0.707. The Morgan fingerprint density at radius 2 is 1.80 bits per heavy atom. The van der Waals surface area contributed by atoms with Crippen molar-refractivity contribution in [2.45, 2.75) is 32.8 Å². The average Bonchev–Trinajstić information content (AvgIpc) is 2.29. The van der Waals surface area contributed by atoms with E-state index in [2.05, 4.69) is 13.8 Å². The van der Waals surface area contributed by atoms with Crippen LogP contribution in [0.5, 0.6) is 0 Å². The van der Waals surface area contributed by atoms with Gasteiger partial charge < -0.3 is 4.74 Å². The van der Waals surface area contributed by atoms with E-state index >= 15 is 0 Å². The van der Waals surface area contributed by atoms with Crippen LogP contribution in [0.25, 0.3) is 0 Å². The van der Waals surface area contributed by atoms with Gasteiger partial charge in [0.25, 0.3) is 0 Å². The van der Waals surface area contributed by atoms with Crippen LogP contribution in [-0.4, -0.2) is 5.97 Å². The van der Waals surface area contributed by atoms with Crippen LogP contribution in [0.3, 0.4) is 0 Å². The summed E-state index contributed by atoms with van der Waals surface area (Å²) in [6.07, 6.45) is 1.66. The fraction of sp³-hybridized carbons (Fsp3) is 0.462. The van der Waals surface area contributed by atoms with Gasteiger partial charge in [-0.25, -0.2) is 0 Å². The van der Waals surface area contributed by atoms with Crippen molar-refractivity contribution in [1.29, 1.82) is 0 Å². The lowest BCUT2D eigenvalue weighted by Crippen LogP contribution is -2.49. The number of esters is 1. The van der Waals surface area contributed by atoms with Crippen LogP contribution >= 0.6 is 0 Å². The number of cyclic esters (lactones) is 1. The smallest absolute Gasteiger partial charge is 0.316 e. The Morgan fingerprint density at radius 1 is 1.20 bits per heavy atom. The molecule has 0 aromatic heterocycles. The van der Waals surface area contributed by atoms with Gasteiger partial charge >= 0.3 is 5.97 Å². The summed E-state index contributed by atoms with van der Waals surface area (Å²) in [6, 6.07) is 9.99. The van der Waals surface area contributed by atoms with Crippen molar-refractivity contribution in [1.82, 2.24) is 0 Å². The highest BCUT2D eigenvalue weighted by Gasteiger charge is 2.55. The number of carbonyl (C=O) groups is 1. The number of carbonyl (C=O) groups excluding carboxylic acids is 1. The summed E-state index contributed by atoms with van der Waals surface area (Å²) < 4.78 is 5.28. The maximum absolute atomic E-state index is 11.6. The van der Waals surface area contributed by atoms with Crippen molar-refractivity contribution in [2.75, 3.05) is 0 Å². The van der Waals surface area contributed by atoms with Gasteiger partial charge in [-0.2, -0.15) is 0 Å². The zero-order valence-corrected chi connectivity index (χ0v) is 9.19. The fourth-order valence-corrected chi connectivity index (χ4v) is 2.31. The molecule has 1 saturated heterocycles. The van der Waals surface area contributed by atoms with E-state index in [0.717, 1.165) is 18.4 Å². The van der Waals surface area contributed by atoms with Crippen LogP contribution in [0.4, 0.5) is 0 Å². The van der Waals surface area contributed by atoms with Crippen molar-refractivity contribution in [2.24, 2.45) is 5.41 Å². The molecule has 0 saturated carbocycles. The highest BCUT2D eigenvalue weighted by atomic mass is 16.6. The molecule has 1 heterocycles. The summed E-state index contributed by atoms with van der Waals surface area (Å²) in [5.41, 5.74) is 0.835. The molecule has 0 amide bonds. The maximum atomic E-state index is 11.6. The first-order chi connectivity index (χ1) is 7.24. The molecule has 1 aromatic carbocycles. The predicted molar refractivity (Wildman–Crippen MR) is 58.3 cm³/mol. The summed E-state index contributed by atoms with van der Waals surface area (Å²) >= 11 is 0. The van der Waals surface area contributed by atoms with Gasteiger partial charge in [0.15, 0.2) is 0 Å². The third-order valence-electron chi connectivity index (χ3n) is 3.50. The van der Waals surface area contributed by atoms with Gasteiger partial charge in [0.2, 0.25) is 0 Å². The molecule has 1 aromatic rings. The Hall–Kier alpha value is -1.31. The van der Waals surface area contributed by atoms with Crippen LogP contribution < -0.4 is 0 Å². The molecular formula is C13H16O2. The van der Waals surface area contributed by atoms with E-state index < -0.39 is 0 Å². The predicted octanol–water partition coefficient (Wildman–Crippen LogP) is 3.09. The summed E-state index contributed by atoms with van der Waals surface area (Å²) in [7, 11) is 0. The Balaban J connectivity index is 2.29. The third kappa shape index (κ3) is 1.36. The Kier molecular flexibility index (Phi) is 2.51. The highest BCUT2D eigenvalue weighted by molar-refractivity contribution is 5.83. The second kappa shape index (κ2) is 3.69. The van der Waals surface area contributed by atoms with Crippen LogP contribution in [0.2, 0.25) is 0 Å². The average molecular weight is 204 g/mol. The third-order valence-corrected chi connectivity index (χ3v) is 3.50. The summed E-state index contributed by atoms with van der Waals surface area (Å²) in [5, 5.41) is 0. The SMILES string of the molecule is CCC1(CC)C(=O)OC1c1ccccc1. The van der Waals surface area contributed by atoms with Gasteiger partial charge in [-0.1, -0.05) is 44.2 Å². The maximum Gasteiger partial charge on any atom is 0.316 e. The van der Waals surface area contributed by atoms with Crippen LogP contribution in [0.15, 0.2) is 30.3 Å². The molecule has 1 atom stereocenters. The van der Waals surface area contributed by atoms with E-state index in [1.807, 2.05) is 30.3 Å². The number of benzene rings is 1. The molecule has 0 N–H and O–H groups in total. The van der Waals surface area contributed by atoms with E-state index in [0.29, 0.717) is 0 Å². The van der Waals surface area contributed by atoms with Crippen molar-refractivity contribution >= 4 is 5.97 Å². The molecule has 1 unspecified atom stereocenters. The normalized spacial score (nSPS) is 23.1. The van der Waals surface area contributed by atoms with E-state index in [9.17, 15) is 4.79 Å². The number of hydrogen-bond donors (Lipinski definition) is 0. The minimum Gasteiger partial charge on any atom is -0.456 e. The lowest BCUT2D eigenvalue weighted by atomic mass is 9.70. The van der Waals surface area contributed by atoms with Crippen LogP contribution in [0.1, 0.15) is 38.4 Å². The van der Waals surface area contributed by atoms with Crippen LogP contribution in [-0.2, 0) is 9.53 Å². The van der Waals surface area contributed by atoms with Gasteiger partial charge in [-0.3, -0.25) is 4.79 Å². The zero-order valence-electron chi connectivity index (χ0n) is 9.19. The minimum absolute atomic E-state index is 0.0404. The molecular weight excluding hydrogens is 188 g/mol. The molecule has 1 aliphatic heterocycles. The standard InChI is InChI=1S/C13H16O2/c1-3-13(4-2)11(15-12(13)14)10-8-6-5-7-9-10/h5-9,11H,3-4H2,1-2H3. The second-order valence-corrected chi connectivity index (χ2v) is 4.06. The first-order valence-corrected chi connectivity index (χ1v) is 5.50. The number of hydrogen-bond acceptors (Lipinski definition) is 2. The number of ether oxygens (including phenoxy) is 1. The lowest BCUT2D eigenvalue weighted by Gasteiger charge is -2.46. The monoisotopic (exact) mass is 204 g/mol. The van der Waals surface area contributed by atoms with Gasteiger partial charge in [0.1, 0.15) is 11.5 Å². The minimum atomic E-state index is -0.276. The molecule has 1 aliphatic rings. The van der Waals surface area contributed by atoms with Gasteiger partial charge in [0.05, 0.1) is 0 Å². The molecule has 2 heteroatoms. The molecule has 2 nitrogen and oxygen atoms in total. The Labute approximate surface area is 90.3 Å². The van der Waals surface area contributed by atoms with E-state index in [4.69, 9.17) is 4.74 Å². The largest absolute Gasteiger partial charge is 0.456 e. The Bertz CT molecular complexity index is 352. The first-order valence-electron chi connectivity index (χ1n) is 5.50. The molecule has 15 heavy (non-hydrogen) atoms. The molecule has 80 valence electrons. The van der Waals surface area contributed by atoms with E-state index in [1.165, 1.54) is 0 Å². The number of rotatable bonds is 3. The Morgan fingerprint density at radius 3 is 2.27 bits per heavy atom. The van der Waals surface area contributed by atoms with E-state index in [1.54, 1.807) is 0 Å². The lowest BCUT2D eigenvalue weighted by molar-refractivity contribution is -0.210. The van der Waals surface area contributed by atoms with Gasteiger partial charge in [0, 0.05) is 0 Å². The summed E-state index contributed by atoms with van der Waals surface area (Å²) in [6.45, 7) is 4.11. The molecule has 0 aliphatic carbocycles. The molecule has 2 rings (SSSR count). The van der Waals surface area contributed by atoms with Crippen molar-refractivity contribution in [3.63, 3.8) is 0 Å². The zero-order chi connectivity index (χ0) is 10.9. The van der Waals surface area contributed by atoms with E-state index in [-0.39, 0.29) is 17.5 Å². The van der Waals surface area contributed by atoms with Crippen LogP contribution in [0, 0.1) is 5.41 Å². The van der Waals surface area contributed by atoms with Crippen molar-refractivity contribution in [3.05, 3.63) is 35.9 Å². The molecule has 1 fully saturated rings. The molecule has 0 bridgehead atoms. The molecule has 0 spiro atoms.